The summed E-state index contributed by atoms with van der Waals surface area (Å²) >= 11 is 9.43. The Bertz CT molecular complexity index is 453. The first-order valence-electron chi connectivity index (χ1n) is 6.63. The van der Waals surface area contributed by atoms with Crippen molar-refractivity contribution in [2.45, 2.75) is 19.9 Å². The van der Waals surface area contributed by atoms with E-state index in [4.69, 9.17) is 11.6 Å². The van der Waals surface area contributed by atoms with Gasteiger partial charge in [-0.05, 0) is 30.8 Å². The van der Waals surface area contributed by atoms with E-state index in [1.807, 2.05) is 0 Å². The minimum atomic E-state index is -0.922. The number of carboxylic acid groups (broad SMARTS) is 1. The van der Waals surface area contributed by atoms with Crippen molar-refractivity contribution in [3.63, 3.8) is 0 Å². The van der Waals surface area contributed by atoms with E-state index in [9.17, 15) is 9.90 Å². The topological polar surface area (TPSA) is 52.6 Å². The van der Waals surface area contributed by atoms with Crippen LogP contribution < -0.4 is 5.32 Å². The fraction of sp³-hybridized carbons (Fsp3) is 0.500. The number of carboxylic acids is 1. The molecule has 0 radical (unpaired) electrons. The van der Waals surface area contributed by atoms with Crippen LogP contribution in [0.25, 0.3) is 0 Å². The summed E-state index contributed by atoms with van der Waals surface area (Å²) in [7, 11) is 0. The van der Waals surface area contributed by atoms with Crippen LogP contribution in [0.2, 0.25) is 5.02 Å². The van der Waals surface area contributed by atoms with Gasteiger partial charge >= 0.3 is 5.97 Å². The zero-order valence-corrected chi connectivity index (χ0v) is 14.0. The first kappa shape index (κ1) is 17.4. The molecule has 0 spiro atoms. The summed E-state index contributed by atoms with van der Waals surface area (Å²) in [6.45, 7) is 7.49. The molecule has 4 nitrogen and oxygen atoms in total. The highest BCUT2D eigenvalue weighted by Gasteiger charge is 2.21. The lowest BCUT2D eigenvalue weighted by molar-refractivity contribution is -0.139. The summed E-state index contributed by atoms with van der Waals surface area (Å²) in [5.74, 6) is -0.922. The molecule has 1 rings (SSSR count). The lowest BCUT2D eigenvalue weighted by atomic mass is 10.1. The maximum Gasteiger partial charge on any atom is 0.325 e. The Kier molecular flexibility index (Phi) is 7.51. The Hall–Kier alpha value is -0.620. The van der Waals surface area contributed by atoms with Crippen molar-refractivity contribution in [3.8, 4) is 0 Å². The first-order valence-corrected chi connectivity index (χ1v) is 7.80. The molecule has 0 saturated heterocycles. The van der Waals surface area contributed by atoms with Gasteiger partial charge in [0.15, 0.2) is 0 Å². The highest BCUT2D eigenvalue weighted by Crippen LogP contribution is 2.26. The van der Waals surface area contributed by atoms with Crippen LogP contribution in [-0.4, -0.2) is 42.2 Å². The number of carbonyl (C=O) groups is 1. The van der Waals surface area contributed by atoms with Crippen molar-refractivity contribution in [3.05, 3.63) is 33.3 Å². The normalized spacial score (nSPS) is 12.7. The molecule has 0 aliphatic carbocycles. The number of hydrogen-bond acceptors (Lipinski definition) is 3. The van der Waals surface area contributed by atoms with E-state index >= 15 is 0 Å². The number of nitrogens with zero attached hydrogens (tertiary/aromatic N) is 1. The summed E-state index contributed by atoms with van der Waals surface area (Å²) in [5, 5.41) is 12.9. The van der Waals surface area contributed by atoms with Crippen molar-refractivity contribution in [2.24, 2.45) is 0 Å². The molecule has 1 atom stereocenters. The number of benzene rings is 1. The minimum absolute atomic E-state index is 0.446. The highest BCUT2D eigenvalue weighted by molar-refractivity contribution is 9.10. The Labute approximate surface area is 133 Å². The maximum atomic E-state index is 11.4. The van der Waals surface area contributed by atoms with Crippen LogP contribution in [0.4, 0.5) is 0 Å². The van der Waals surface area contributed by atoms with Gasteiger partial charge in [-0.25, -0.2) is 0 Å². The molecule has 1 aromatic rings. The second kappa shape index (κ2) is 8.62. The third-order valence-corrected chi connectivity index (χ3v) is 4.01. The van der Waals surface area contributed by atoms with Crippen LogP contribution in [-0.2, 0) is 4.79 Å². The van der Waals surface area contributed by atoms with E-state index in [0.717, 1.165) is 24.1 Å². The van der Waals surface area contributed by atoms with Crippen LogP contribution in [0.1, 0.15) is 25.5 Å². The number of rotatable bonds is 8. The third kappa shape index (κ3) is 5.05. The molecule has 2 N–H and O–H groups in total. The molecule has 0 amide bonds. The smallest absolute Gasteiger partial charge is 0.325 e. The summed E-state index contributed by atoms with van der Waals surface area (Å²) in [6, 6.07) is 4.45. The van der Waals surface area contributed by atoms with Crippen molar-refractivity contribution in [1.82, 2.24) is 10.2 Å². The molecule has 0 aliphatic rings. The molecule has 20 heavy (non-hydrogen) atoms. The second-order valence-electron chi connectivity index (χ2n) is 4.42. The van der Waals surface area contributed by atoms with Crippen molar-refractivity contribution in [2.75, 3.05) is 26.2 Å². The zero-order valence-electron chi connectivity index (χ0n) is 11.7. The van der Waals surface area contributed by atoms with Gasteiger partial charge in [-0.1, -0.05) is 47.4 Å². The Balaban J connectivity index is 2.72. The number of halogens is 2. The van der Waals surface area contributed by atoms with Gasteiger partial charge in [0.1, 0.15) is 6.04 Å². The van der Waals surface area contributed by atoms with Gasteiger partial charge < -0.3 is 10.0 Å². The Morgan fingerprint density at radius 2 is 2.10 bits per heavy atom. The standard InChI is InChI=1S/C14H20BrClN2O2/c1-3-18(4-2)8-7-17-13(14(19)20)11-6-5-10(15)9-12(11)16/h5-6,9,13,17H,3-4,7-8H2,1-2H3,(H,19,20). The van der Waals surface area contributed by atoms with E-state index in [-0.39, 0.29) is 0 Å². The third-order valence-electron chi connectivity index (χ3n) is 3.19. The average Bonchev–Trinajstić information content (AvgIpc) is 2.40. The predicted octanol–water partition coefficient (Wildman–Crippen LogP) is 3.16. The van der Waals surface area contributed by atoms with Gasteiger partial charge in [-0.2, -0.15) is 0 Å². The van der Waals surface area contributed by atoms with Gasteiger partial charge in [0, 0.05) is 22.6 Å². The fourth-order valence-electron chi connectivity index (χ4n) is 1.97. The molecule has 0 heterocycles. The van der Waals surface area contributed by atoms with E-state index in [1.54, 1.807) is 18.2 Å². The summed E-state index contributed by atoms with van der Waals surface area (Å²) in [4.78, 5) is 13.6. The molecule has 6 heteroatoms. The number of hydrogen-bond donors (Lipinski definition) is 2. The quantitative estimate of drug-likeness (QED) is 0.745. The lowest BCUT2D eigenvalue weighted by Gasteiger charge is -2.21. The van der Waals surface area contributed by atoms with Crippen LogP contribution in [0.5, 0.6) is 0 Å². The molecule has 0 bridgehead atoms. The van der Waals surface area contributed by atoms with E-state index in [1.165, 1.54) is 0 Å². The van der Waals surface area contributed by atoms with E-state index in [2.05, 4.69) is 40.0 Å². The molecule has 1 aromatic carbocycles. The number of nitrogens with one attached hydrogen (secondary N) is 1. The molecule has 0 saturated carbocycles. The van der Waals surface area contributed by atoms with Crippen LogP contribution >= 0.6 is 27.5 Å². The molecular weight excluding hydrogens is 344 g/mol. The Morgan fingerprint density at radius 1 is 1.45 bits per heavy atom. The van der Waals surface area contributed by atoms with Crippen molar-refractivity contribution in [1.29, 1.82) is 0 Å². The summed E-state index contributed by atoms with van der Waals surface area (Å²) < 4.78 is 0.832. The molecule has 0 fully saturated rings. The zero-order chi connectivity index (χ0) is 15.1. The lowest BCUT2D eigenvalue weighted by Crippen LogP contribution is -2.36. The molecule has 0 aliphatic heterocycles. The van der Waals surface area contributed by atoms with Crippen LogP contribution in [0.15, 0.2) is 22.7 Å². The minimum Gasteiger partial charge on any atom is -0.480 e. The van der Waals surface area contributed by atoms with Gasteiger partial charge in [-0.3, -0.25) is 10.1 Å². The van der Waals surface area contributed by atoms with Gasteiger partial charge in [0.25, 0.3) is 0 Å². The molecule has 112 valence electrons. The predicted molar refractivity (Wildman–Crippen MR) is 85.3 cm³/mol. The van der Waals surface area contributed by atoms with E-state index < -0.39 is 12.0 Å². The molecule has 0 aromatic heterocycles. The van der Waals surface area contributed by atoms with Gasteiger partial charge in [0.2, 0.25) is 0 Å². The summed E-state index contributed by atoms with van der Waals surface area (Å²) in [5.41, 5.74) is 0.585. The van der Waals surface area contributed by atoms with Crippen molar-refractivity contribution >= 4 is 33.5 Å². The van der Waals surface area contributed by atoms with Gasteiger partial charge in [0.05, 0.1) is 0 Å². The largest absolute Gasteiger partial charge is 0.480 e. The molecular formula is C14H20BrClN2O2. The maximum absolute atomic E-state index is 11.4. The van der Waals surface area contributed by atoms with Gasteiger partial charge in [-0.15, -0.1) is 0 Å². The van der Waals surface area contributed by atoms with E-state index in [0.29, 0.717) is 17.1 Å². The Morgan fingerprint density at radius 3 is 2.60 bits per heavy atom. The monoisotopic (exact) mass is 362 g/mol. The number of aliphatic carboxylic acids is 1. The molecule has 1 unspecified atom stereocenters. The second-order valence-corrected chi connectivity index (χ2v) is 5.74. The highest BCUT2D eigenvalue weighted by atomic mass is 79.9. The summed E-state index contributed by atoms with van der Waals surface area (Å²) in [6.07, 6.45) is 0. The van der Waals surface area contributed by atoms with Crippen molar-refractivity contribution < 1.29 is 9.90 Å². The average molecular weight is 364 g/mol. The van der Waals surface area contributed by atoms with Crippen LogP contribution in [0, 0.1) is 0 Å². The number of likely N-dealkylation sites (N-methyl/N-ethyl adjacent to an activating group) is 1. The first-order chi connectivity index (χ1) is 9.49. The SMILES string of the molecule is CCN(CC)CCNC(C(=O)O)c1ccc(Br)cc1Cl. The van der Waals surface area contributed by atoms with Crippen LogP contribution in [0.3, 0.4) is 0 Å². The fourth-order valence-corrected chi connectivity index (χ4v) is 2.76.